The van der Waals surface area contributed by atoms with Gasteiger partial charge in [-0.2, -0.15) is 17.0 Å². The van der Waals surface area contributed by atoms with Crippen molar-refractivity contribution in [2.75, 3.05) is 20.1 Å². The fourth-order valence-electron chi connectivity index (χ4n) is 2.29. The second kappa shape index (κ2) is 5.95. The average Bonchev–Trinajstić information content (AvgIpc) is 2.74. The summed E-state index contributed by atoms with van der Waals surface area (Å²) in [5, 5.41) is 0. The van der Waals surface area contributed by atoms with Crippen LogP contribution in [0.1, 0.15) is 25.5 Å². The van der Waals surface area contributed by atoms with Crippen LogP contribution in [0.3, 0.4) is 0 Å². The summed E-state index contributed by atoms with van der Waals surface area (Å²) in [6.45, 7) is 3.55. The molecule has 0 radical (unpaired) electrons. The summed E-state index contributed by atoms with van der Waals surface area (Å²) in [4.78, 5) is 0. The molecule has 2 heterocycles. The van der Waals surface area contributed by atoms with Crippen molar-refractivity contribution >= 4 is 26.1 Å². The van der Waals surface area contributed by atoms with Gasteiger partial charge in [-0.3, -0.25) is 0 Å². The first-order valence-electron chi connectivity index (χ1n) is 6.35. The van der Waals surface area contributed by atoms with Crippen LogP contribution in [-0.4, -0.2) is 37.2 Å². The highest BCUT2D eigenvalue weighted by molar-refractivity contribution is 9.10. The average molecular weight is 351 g/mol. The van der Waals surface area contributed by atoms with E-state index in [-0.39, 0.29) is 6.54 Å². The molecule has 1 fully saturated rings. The molecular weight excluding hydrogens is 332 g/mol. The van der Waals surface area contributed by atoms with Gasteiger partial charge in [-0.25, -0.2) is 0 Å². The Bertz CT molecular complexity index is 529. The Kier molecular flexibility index (Phi) is 4.70. The van der Waals surface area contributed by atoms with Crippen LogP contribution >= 0.6 is 15.9 Å². The maximum Gasteiger partial charge on any atom is 0.282 e. The first-order valence-corrected chi connectivity index (χ1v) is 8.54. The van der Waals surface area contributed by atoms with E-state index in [0.29, 0.717) is 29.4 Å². The Morgan fingerprint density at radius 1 is 1.53 bits per heavy atom. The zero-order valence-electron chi connectivity index (χ0n) is 11.2. The van der Waals surface area contributed by atoms with Crippen LogP contribution in [0.15, 0.2) is 21.2 Å². The van der Waals surface area contributed by atoms with Crippen molar-refractivity contribution in [2.45, 2.75) is 26.3 Å². The molecule has 108 valence electrons. The summed E-state index contributed by atoms with van der Waals surface area (Å²) in [7, 11) is -1.80. The zero-order valence-corrected chi connectivity index (χ0v) is 13.6. The lowest BCUT2D eigenvalue weighted by Crippen LogP contribution is -2.45. The summed E-state index contributed by atoms with van der Waals surface area (Å²) < 4.78 is 33.8. The topological polar surface area (TPSA) is 53.8 Å². The van der Waals surface area contributed by atoms with Crippen molar-refractivity contribution in [3.8, 4) is 0 Å². The minimum atomic E-state index is -3.39. The van der Waals surface area contributed by atoms with Crippen LogP contribution in [0, 0.1) is 5.92 Å². The second-order valence-electron chi connectivity index (χ2n) is 5.08. The summed E-state index contributed by atoms with van der Waals surface area (Å²) in [6, 6.07) is 3.54. The van der Waals surface area contributed by atoms with Crippen molar-refractivity contribution < 1.29 is 12.8 Å². The molecule has 1 aliphatic rings. The smallest absolute Gasteiger partial charge is 0.282 e. The van der Waals surface area contributed by atoms with Crippen LogP contribution in [-0.2, 0) is 16.8 Å². The number of furan rings is 1. The number of halogens is 1. The van der Waals surface area contributed by atoms with Crippen molar-refractivity contribution in [1.29, 1.82) is 0 Å². The molecule has 0 amide bonds. The van der Waals surface area contributed by atoms with Gasteiger partial charge in [0.2, 0.25) is 0 Å². The van der Waals surface area contributed by atoms with Crippen molar-refractivity contribution in [2.24, 2.45) is 5.92 Å². The molecule has 2 rings (SSSR count). The number of hydrogen-bond donors (Lipinski definition) is 0. The monoisotopic (exact) mass is 350 g/mol. The maximum atomic E-state index is 12.4. The van der Waals surface area contributed by atoms with E-state index in [1.165, 1.54) is 4.31 Å². The lowest BCUT2D eigenvalue weighted by atomic mass is 10.0. The largest absolute Gasteiger partial charge is 0.453 e. The number of piperidine rings is 1. The van der Waals surface area contributed by atoms with Gasteiger partial charge in [0.25, 0.3) is 10.2 Å². The Labute approximate surface area is 122 Å². The van der Waals surface area contributed by atoms with Crippen LogP contribution < -0.4 is 0 Å². The van der Waals surface area contributed by atoms with E-state index in [1.54, 1.807) is 23.5 Å². The second-order valence-corrected chi connectivity index (χ2v) is 7.89. The van der Waals surface area contributed by atoms with E-state index in [4.69, 9.17) is 4.42 Å². The molecule has 1 aromatic rings. The minimum Gasteiger partial charge on any atom is -0.453 e. The molecule has 1 aromatic heterocycles. The lowest BCUT2D eigenvalue weighted by Gasteiger charge is -2.32. The minimum absolute atomic E-state index is 0.249. The highest BCUT2D eigenvalue weighted by Gasteiger charge is 2.30. The van der Waals surface area contributed by atoms with Gasteiger partial charge in [0.15, 0.2) is 4.67 Å². The molecule has 0 saturated carbocycles. The van der Waals surface area contributed by atoms with Gasteiger partial charge in [-0.05, 0) is 46.8 Å². The standard InChI is InChI=1S/C12H19BrN2O3S/c1-10-4-3-7-15(8-10)19(16,17)14(2)9-11-5-6-12(13)18-11/h5-6,10H,3-4,7-9H2,1-2H3. The fraction of sp³-hybridized carbons (Fsp3) is 0.667. The molecule has 0 aromatic carbocycles. The Hall–Kier alpha value is -0.370. The molecule has 1 atom stereocenters. The van der Waals surface area contributed by atoms with Gasteiger partial charge >= 0.3 is 0 Å². The SMILES string of the molecule is CC1CCCN(S(=O)(=O)N(C)Cc2ccc(Br)o2)C1. The molecular formula is C12H19BrN2O3S. The van der Waals surface area contributed by atoms with Gasteiger partial charge in [0.05, 0.1) is 6.54 Å². The molecule has 0 spiro atoms. The van der Waals surface area contributed by atoms with Gasteiger partial charge < -0.3 is 4.42 Å². The molecule has 0 bridgehead atoms. The van der Waals surface area contributed by atoms with Gasteiger partial charge in [0.1, 0.15) is 5.76 Å². The van der Waals surface area contributed by atoms with Crippen LogP contribution in [0.25, 0.3) is 0 Å². The Morgan fingerprint density at radius 2 is 2.26 bits per heavy atom. The van der Waals surface area contributed by atoms with Crippen LogP contribution in [0.5, 0.6) is 0 Å². The third kappa shape index (κ3) is 3.59. The van der Waals surface area contributed by atoms with Gasteiger partial charge in [0, 0.05) is 20.1 Å². The molecule has 1 aliphatic heterocycles. The molecule has 0 N–H and O–H groups in total. The summed E-state index contributed by atoms with van der Waals surface area (Å²) in [6.07, 6.45) is 2.03. The molecule has 1 saturated heterocycles. The van der Waals surface area contributed by atoms with E-state index in [0.717, 1.165) is 12.8 Å². The molecule has 19 heavy (non-hydrogen) atoms. The zero-order chi connectivity index (χ0) is 14.0. The summed E-state index contributed by atoms with van der Waals surface area (Å²) >= 11 is 3.21. The molecule has 7 heteroatoms. The normalized spacial score (nSPS) is 22.0. The summed E-state index contributed by atoms with van der Waals surface area (Å²) in [5.74, 6) is 1.05. The third-order valence-electron chi connectivity index (χ3n) is 3.35. The Morgan fingerprint density at radius 3 is 2.84 bits per heavy atom. The van der Waals surface area contributed by atoms with E-state index in [9.17, 15) is 8.42 Å². The van der Waals surface area contributed by atoms with Crippen molar-refractivity contribution in [3.63, 3.8) is 0 Å². The highest BCUT2D eigenvalue weighted by atomic mass is 79.9. The number of nitrogens with zero attached hydrogens (tertiary/aromatic N) is 2. The van der Waals surface area contributed by atoms with E-state index in [2.05, 4.69) is 22.9 Å². The number of hydrogen-bond acceptors (Lipinski definition) is 3. The van der Waals surface area contributed by atoms with E-state index >= 15 is 0 Å². The quantitative estimate of drug-likeness (QED) is 0.837. The highest BCUT2D eigenvalue weighted by Crippen LogP contribution is 2.22. The van der Waals surface area contributed by atoms with Crippen LogP contribution in [0.2, 0.25) is 0 Å². The van der Waals surface area contributed by atoms with Crippen molar-refractivity contribution in [1.82, 2.24) is 8.61 Å². The number of rotatable bonds is 4. The predicted octanol–water partition coefficient (Wildman–Crippen LogP) is 2.45. The van der Waals surface area contributed by atoms with Gasteiger partial charge in [-0.15, -0.1) is 0 Å². The maximum absolute atomic E-state index is 12.4. The molecule has 0 aliphatic carbocycles. The van der Waals surface area contributed by atoms with Crippen molar-refractivity contribution in [3.05, 3.63) is 22.6 Å². The van der Waals surface area contributed by atoms with E-state index in [1.807, 2.05) is 0 Å². The third-order valence-corrected chi connectivity index (χ3v) is 5.67. The molecule has 1 unspecified atom stereocenters. The Balaban J connectivity index is 2.06. The first kappa shape index (κ1) is 15.0. The first-order chi connectivity index (χ1) is 8.89. The van der Waals surface area contributed by atoms with E-state index < -0.39 is 10.2 Å². The van der Waals surface area contributed by atoms with Gasteiger partial charge in [-0.1, -0.05) is 6.92 Å². The van der Waals surface area contributed by atoms with Crippen LogP contribution in [0.4, 0.5) is 0 Å². The lowest BCUT2D eigenvalue weighted by molar-refractivity contribution is 0.260. The fourth-order valence-corrected chi connectivity index (χ4v) is 4.12. The predicted molar refractivity (Wildman–Crippen MR) is 76.8 cm³/mol. The molecule has 5 nitrogen and oxygen atoms in total. The summed E-state index contributed by atoms with van der Waals surface area (Å²) in [5.41, 5.74) is 0.